The Bertz CT molecular complexity index is 261. The molecule has 0 saturated carbocycles. The van der Waals surface area contributed by atoms with Crippen molar-refractivity contribution in [2.24, 2.45) is 11.7 Å². The molecule has 3 atom stereocenters. The van der Waals surface area contributed by atoms with Crippen molar-refractivity contribution >= 4 is 0 Å². The number of likely N-dealkylation sites (N-methyl/N-ethyl adjacent to an activating group) is 1. The van der Waals surface area contributed by atoms with Crippen molar-refractivity contribution in [3.05, 3.63) is 0 Å². The molecule has 0 bridgehead atoms. The van der Waals surface area contributed by atoms with E-state index in [0.717, 1.165) is 45.8 Å². The highest BCUT2D eigenvalue weighted by atomic mass is 16.5. The van der Waals surface area contributed by atoms with Crippen molar-refractivity contribution in [1.82, 2.24) is 9.80 Å². The van der Waals surface area contributed by atoms with Gasteiger partial charge in [-0.1, -0.05) is 6.92 Å². The van der Waals surface area contributed by atoms with Gasteiger partial charge in [-0.15, -0.1) is 0 Å². The Kier molecular flexibility index (Phi) is 4.08. The average molecular weight is 241 g/mol. The summed E-state index contributed by atoms with van der Waals surface area (Å²) < 4.78 is 5.58. The van der Waals surface area contributed by atoms with Crippen molar-refractivity contribution in [2.75, 3.05) is 46.4 Å². The third-order valence-corrected chi connectivity index (χ3v) is 4.91. The molecule has 4 nitrogen and oxygen atoms in total. The first-order chi connectivity index (χ1) is 8.10. The van der Waals surface area contributed by atoms with Crippen molar-refractivity contribution in [1.29, 1.82) is 0 Å². The minimum atomic E-state index is 0.174. The molecule has 4 heteroatoms. The van der Waals surface area contributed by atoms with Gasteiger partial charge in [0.15, 0.2) is 0 Å². The van der Waals surface area contributed by atoms with Gasteiger partial charge in [0, 0.05) is 44.4 Å². The van der Waals surface area contributed by atoms with Gasteiger partial charge in [-0.3, -0.25) is 4.90 Å². The van der Waals surface area contributed by atoms with Crippen molar-refractivity contribution in [3.8, 4) is 0 Å². The minimum Gasteiger partial charge on any atom is -0.381 e. The zero-order chi connectivity index (χ0) is 12.5. The average Bonchev–Trinajstić information content (AvgIpc) is 2.34. The molecular weight excluding hydrogens is 214 g/mol. The molecule has 0 aromatic carbocycles. The number of hydrogen-bond donors (Lipinski definition) is 1. The number of piperazine rings is 1. The minimum absolute atomic E-state index is 0.174. The van der Waals surface area contributed by atoms with Gasteiger partial charge in [0.2, 0.25) is 0 Å². The summed E-state index contributed by atoms with van der Waals surface area (Å²) in [5.74, 6) is 0.539. The van der Waals surface area contributed by atoms with Gasteiger partial charge >= 0.3 is 0 Å². The van der Waals surface area contributed by atoms with Crippen LogP contribution in [0.3, 0.4) is 0 Å². The Morgan fingerprint density at radius 3 is 2.71 bits per heavy atom. The maximum atomic E-state index is 6.13. The predicted molar refractivity (Wildman–Crippen MR) is 70.1 cm³/mol. The van der Waals surface area contributed by atoms with Gasteiger partial charge in [0.1, 0.15) is 0 Å². The number of nitrogens with zero attached hydrogens (tertiary/aromatic N) is 2. The van der Waals surface area contributed by atoms with Crippen molar-refractivity contribution in [2.45, 2.75) is 31.8 Å². The zero-order valence-electron chi connectivity index (χ0n) is 11.5. The Morgan fingerprint density at radius 1 is 1.35 bits per heavy atom. The molecule has 0 aromatic rings. The summed E-state index contributed by atoms with van der Waals surface area (Å²) in [6.07, 6.45) is 1.08. The Balaban J connectivity index is 2.11. The number of rotatable bonds is 2. The van der Waals surface area contributed by atoms with E-state index in [9.17, 15) is 0 Å². The van der Waals surface area contributed by atoms with Gasteiger partial charge in [0.05, 0.1) is 6.61 Å². The lowest BCUT2D eigenvalue weighted by atomic mass is 9.78. The maximum absolute atomic E-state index is 6.13. The highest BCUT2D eigenvalue weighted by molar-refractivity contribution is 5.00. The molecule has 2 saturated heterocycles. The second kappa shape index (κ2) is 5.22. The Labute approximate surface area is 105 Å². The van der Waals surface area contributed by atoms with Crippen LogP contribution in [-0.4, -0.2) is 67.8 Å². The maximum Gasteiger partial charge on any atom is 0.0509 e. The summed E-state index contributed by atoms with van der Waals surface area (Å²) >= 11 is 0. The van der Waals surface area contributed by atoms with E-state index < -0.39 is 0 Å². The molecular formula is C13H27N3O. The van der Waals surface area contributed by atoms with E-state index in [1.807, 2.05) is 0 Å². The van der Waals surface area contributed by atoms with Gasteiger partial charge in [0.25, 0.3) is 0 Å². The lowest BCUT2D eigenvalue weighted by molar-refractivity contribution is -0.0857. The SMILES string of the molecule is CC1CN(C2(CN)CCOCC2C)CCN1C. The highest BCUT2D eigenvalue weighted by Gasteiger charge is 2.44. The van der Waals surface area contributed by atoms with Gasteiger partial charge in [-0.05, 0) is 26.3 Å². The van der Waals surface area contributed by atoms with E-state index in [1.165, 1.54) is 0 Å². The lowest BCUT2D eigenvalue weighted by Crippen LogP contribution is -2.66. The van der Waals surface area contributed by atoms with Crippen LogP contribution in [0.2, 0.25) is 0 Å². The molecule has 2 fully saturated rings. The fourth-order valence-electron chi connectivity index (χ4n) is 3.27. The zero-order valence-corrected chi connectivity index (χ0v) is 11.5. The van der Waals surface area contributed by atoms with Crippen LogP contribution >= 0.6 is 0 Å². The molecule has 0 aromatic heterocycles. The third-order valence-electron chi connectivity index (χ3n) is 4.91. The topological polar surface area (TPSA) is 41.7 Å². The predicted octanol–water partition coefficient (Wildman–Crippen LogP) is 0.376. The second-order valence-corrected chi connectivity index (χ2v) is 5.81. The fourth-order valence-corrected chi connectivity index (χ4v) is 3.27. The molecule has 2 rings (SSSR count). The molecule has 3 unspecified atom stereocenters. The quantitative estimate of drug-likeness (QED) is 0.759. The van der Waals surface area contributed by atoms with E-state index in [2.05, 4.69) is 30.7 Å². The van der Waals surface area contributed by atoms with Gasteiger partial charge < -0.3 is 15.4 Å². The van der Waals surface area contributed by atoms with E-state index in [0.29, 0.717) is 12.0 Å². The van der Waals surface area contributed by atoms with E-state index in [1.54, 1.807) is 0 Å². The Morgan fingerprint density at radius 2 is 2.12 bits per heavy atom. The van der Waals surface area contributed by atoms with Crippen molar-refractivity contribution < 1.29 is 4.74 Å². The van der Waals surface area contributed by atoms with Crippen LogP contribution in [0, 0.1) is 5.92 Å². The van der Waals surface area contributed by atoms with Crippen LogP contribution in [0.4, 0.5) is 0 Å². The van der Waals surface area contributed by atoms with E-state index in [-0.39, 0.29) is 5.54 Å². The molecule has 0 amide bonds. The summed E-state index contributed by atoms with van der Waals surface area (Å²) in [4.78, 5) is 5.07. The van der Waals surface area contributed by atoms with Crippen LogP contribution < -0.4 is 5.73 Å². The van der Waals surface area contributed by atoms with Crippen LogP contribution in [0.5, 0.6) is 0 Å². The normalized spacial score (nSPS) is 41.6. The van der Waals surface area contributed by atoms with Crippen LogP contribution in [0.1, 0.15) is 20.3 Å². The number of nitrogens with two attached hydrogens (primary N) is 1. The van der Waals surface area contributed by atoms with E-state index >= 15 is 0 Å². The molecule has 2 aliphatic heterocycles. The second-order valence-electron chi connectivity index (χ2n) is 5.81. The fraction of sp³-hybridized carbons (Fsp3) is 1.00. The molecule has 0 aliphatic carbocycles. The molecule has 2 heterocycles. The van der Waals surface area contributed by atoms with Crippen LogP contribution in [0.15, 0.2) is 0 Å². The van der Waals surface area contributed by atoms with Crippen LogP contribution in [-0.2, 0) is 4.74 Å². The molecule has 0 spiro atoms. The van der Waals surface area contributed by atoms with Gasteiger partial charge in [-0.25, -0.2) is 0 Å². The van der Waals surface area contributed by atoms with Crippen molar-refractivity contribution in [3.63, 3.8) is 0 Å². The molecule has 100 valence electrons. The molecule has 0 radical (unpaired) electrons. The summed E-state index contributed by atoms with van der Waals surface area (Å²) in [6, 6.07) is 0.627. The highest BCUT2D eigenvalue weighted by Crippen LogP contribution is 2.33. The summed E-state index contributed by atoms with van der Waals surface area (Å²) in [5, 5.41) is 0. The molecule has 17 heavy (non-hydrogen) atoms. The Hall–Kier alpha value is -0.160. The first-order valence-corrected chi connectivity index (χ1v) is 6.83. The monoisotopic (exact) mass is 241 g/mol. The van der Waals surface area contributed by atoms with E-state index in [4.69, 9.17) is 10.5 Å². The largest absolute Gasteiger partial charge is 0.381 e. The molecule has 2 N–H and O–H groups in total. The number of hydrogen-bond acceptors (Lipinski definition) is 4. The standard InChI is InChI=1S/C13H27N3O/c1-11-9-17-7-4-13(11,10-14)16-6-5-15(3)12(2)8-16/h11-12H,4-10,14H2,1-3H3. The summed E-state index contributed by atoms with van der Waals surface area (Å²) in [6.45, 7) is 10.5. The summed E-state index contributed by atoms with van der Waals surface area (Å²) in [5.41, 5.74) is 6.30. The number of ether oxygens (including phenoxy) is 1. The first-order valence-electron chi connectivity index (χ1n) is 6.83. The summed E-state index contributed by atoms with van der Waals surface area (Å²) in [7, 11) is 2.21. The molecule has 2 aliphatic rings. The van der Waals surface area contributed by atoms with Gasteiger partial charge in [-0.2, -0.15) is 0 Å². The lowest BCUT2D eigenvalue weighted by Gasteiger charge is -2.53. The van der Waals surface area contributed by atoms with Crippen LogP contribution in [0.25, 0.3) is 0 Å². The third kappa shape index (κ3) is 2.36. The first kappa shape index (κ1) is 13.3. The smallest absolute Gasteiger partial charge is 0.0509 e.